The standard InChI is InChI=1S/C24H38S/c1-10-19(7)20(8)15-16-22(21(9)25)13-12-14-24(18(5)6)23(11-2)17(3)4/h10-11,22H,3,8,12-16H2,1-2,4-7,9H3/b19-10-,23-11-. The molecule has 0 aromatic rings. The van der Waals surface area contributed by atoms with Gasteiger partial charge >= 0.3 is 0 Å². The van der Waals surface area contributed by atoms with Gasteiger partial charge in [-0.25, -0.2) is 0 Å². The molecule has 0 radical (unpaired) electrons. The molecule has 0 saturated heterocycles. The fraction of sp³-hybridized carbons (Fsp3) is 0.542. The van der Waals surface area contributed by atoms with Gasteiger partial charge < -0.3 is 0 Å². The normalized spacial score (nSPS) is 13.4. The van der Waals surface area contributed by atoms with Crippen molar-refractivity contribution in [1.82, 2.24) is 0 Å². The van der Waals surface area contributed by atoms with E-state index in [4.69, 9.17) is 12.2 Å². The van der Waals surface area contributed by atoms with Crippen LogP contribution in [0.15, 0.2) is 58.7 Å². The molecule has 1 heteroatoms. The molecule has 140 valence electrons. The lowest BCUT2D eigenvalue weighted by Gasteiger charge is -2.19. The topological polar surface area (TPSA) is 0 Å². The highest BCUT2D eigenvalue weighted by molar-refractivity contribution is 7.80. The molecular weight excluding hydrogens is 320 g/mol. The molecule has 0 aliphatic rings. The van der Waals surface area contributed by atoms with Gasteiger partial charge in [0.1, 0.15) is 0 Å². The van der Waals surface area contributed by atoms with Gasteiger partial charge in [0.25, 0.3) is 0 Å². The van der Waals surface area contributed by atoms with Crippen molar-refractivity contribution in [3.8, 4) is 0 Å². The smallest absolute Gasteiger partial charge is 0.00714 e. The second-order valence-corrected chi connectivity index (χ2v) is 7.92. The van der Waals surface area contributed by atoms with E-state index in [1.165, 1.54) is 34.3 Å². The minimum Gasteiger partial charge on any atom is -0.0956 e. The summed E-state index contributed by atoms with van der Waals surface area (Å²) in [4.78, 5) is 1.14. The van der Waals surface area contributed by atoms with E-state index in [1.54, 1.807) is 0 Å². The summed E-state index contributed by atoms with van der Waals surface area (Å²) in [5, 5.41) is 0. The summed E-state index contributed by atoms with van der Waals surface area (Å²) < 4.78 is 0. The SMILES string of the molecule is C=C(CCC(CCCC(=C(C)C)/C(=C\C)C(=C)C)C(C)=S)/C(C)=C\C. The zero-order chi connectivity index (χ0) is 19.6. The third-order valence-corrected chi connectivity index (χ3v) is 5.35. The van der Waals surface area contributed by atoms with Gasteiger partial charge in [0.15, 0.2) is 0 Å². The molecule has 0 heterocycles. The van der Waals surface area contributed by atoms with E-state index >= 15 is 0 Å². The van der Waals surface area contributed by atoms with E-state index in [0.717, 1.165) is 36.1 Å². The first kappa shape index (κ1) is 23.8. The van der Waals surface area contributed by atoms with Crippen LogP contribution >= 0.6 is 12.2 Å². The molecular formula is C24H38S. The Morgan fingerprint density at radius 1 is 0.920 bits per heavy atom. The summed E-state index contributed by atoms with van der Waals surface area (Å²) >= 11 is 5.53. The molecule has 1 unspecified atom stereocenters. The van der Waals surface area contributed by atoms with Crippen LogP contribution in [0.5, 0.6) is 0 Å². The number of allylic oxidation sites excluding steroid dienone is 8. The fourth-order valence-electron chi connectivity index (χ4n) is 3.16. The van der Waals surface area contributed by atoms with E-state index in [2.05, 4.69) is 73.8 Å². The van der Waals surface area contributed by atoms with E-state index < -0.39 is 0 Å². The van der Waals surface area contributed by atoms with Crippen LogP contribution in [0.1, 0.15) is 80.6 Å². The average Bonchev–Trinajstić information content (AvgIpc) is 2.54. The Balaban J connectivity index is 4.82. The Morgan fingerprint density at radius 3 is 1.92 bits per heavy atom. The lowest BCUT2D eigenvalue weighted by molar-refractivity contribution is 0.553. The van der Waals surface area contributed by atoms with Gasteiger partial charge in [0.05, 0.1) is 0 Å². The summed E-state index contributed by atoms with van der Waals surface area (Å²) in [6.07, 6.45) is 9.90. The van der Waals surface area contributed by atoms with Crippen molar-refractivity contribution < 1.29 is 0 Å². The van der Waals surface area contributed by atoms with Crippen molar-refractivity contribution in [1.29, 1.82) is 0 Å². The summed E-state index contributed by atoms with van der Waals surface area (Å²) in [5.74, 6) is 0.508. The lowest BCUT2D eigenvalue weighted by atomic mass is 9.87. The number of thiocarbonyl (C=S) groups is 1. The first-order valence-corrected chi connectivity index (χ1v) is 9.86. The van der Waals surface area contributed by atoms with Crippen molar-refractivity contribution in [3.05, 3.63) is 58.7 Å². The minimum absolute atomic E-state index is 0.508. The molecule has 0 saturated carbocycles. The van der Waals surface area contributed by atoms with Crippen molar-refractivity contribution >= 4 is 17.1 Å². The van der Waals surface area contributed by atoms with Crippen molar-refractivity contribution in [2.45, 2.75) is 80.6 Å². The van der Waals surface area contributed by atoms with Gasteiger partial charge in [-0.05, 0) is 102 Å². The first-order chi connectivity index (χ1) is 11.6. The highest BCUT2D eigenvalue weighted by atomic mass is 32.1. The molecule has 0 bridgehead atoms. The largest absolute Gasteiger partial charge is 0.0956 e. The minimum atomic E-state index is 0.508. The van der Waals surface area contributed by atoms with Gasteiger partial charge in [-0.2, -0.15) is 0 Å². The Labute approximate surface area is 162 Å². The number of hydrogen-bond acceptors (Lipinski definition) is 1. The van der Waals surface area contributed by atoms with Crippen molar-refractivity contribution in [3.63, 3.8) is 0 Å². The second-order valence-electron chi connectivity index (χ2n) is 7.27. The summed E-state index contributed by atoms with van der Waals surface area (Å²) in [5.41, 5.74) is 7.85. The van der Waals surface area contributed by atoms with Crippen LogP contribution in [0.3, 0.4) is 0 Å². The van der Waals surface area contributed by atoms with Crippen LogP contribution in [-0.4, -0.2) is 4.86 Å². The average molecular weight is 359 g/mol. The van der Waals surface area contributed by atoms with Gasteiger partial charge in [-0.3, -0.25) is 0 Å². The monoisotopic (exact) mass is 358 g/mol. The predicted octanol–water partition coefficient (Wildman–Crippen LogP) is 8.32. The van der Waals surface area contributed by atoms with E-state index in [1.807, 2.05) is 0 Å². The summed E-state index contributed by atoms with van der Waals surface area (Å²) in [7, 11) is 0. The van der Waals surface area contributed by atoms with Crippen LogP contribution in [0.2, 0.25) is 0 Å². The second kappa shape index (κ2) is 12.2. The van der Waals surface area contributed by atoms with Crippen molar-refractivity contribution in [2.24, 2.45) is 5.92 Å². The van der Waals surface area contributed by atoms with E-state index in [-0.39, 0.29) is 0 Å². The third kappa shape index (κ3) is 8.63. The molecule has 0 aliphatic heterocycles. The number of hydrogen-bond donors (Lipinski definition) is 0. The third-order valence-electron chi connectivity index (χ3n) is 5.02. The maximum atomic E-state index is 5.53. The molecule has 25 heavy (non-hydrogen) atoms. The van der Waals surface area contributed by atoms with Crippen molar-refractivity contribution in [2.75, 3.05) is 0 Å². The van der Waals surface area contributed by atoms with Crippen LogP contribution < -0.4 is 0 Å². The maximum absolute atomic E-state index is 5.53. The van der Waals surface area contributed by atoms with Crippen LogP contribution in [0.4, 0.5) is 0 Å². The Hall–Kier alpha value is -1.21. The Kier molecular flexibility index (Phi) is 11.6. The molecule has 0 nitrogen and oxygen atoms in total. The van der Waals surface area contributed by atoms with Crippen LogP contribution in [0, 0.1) is 5.92 Å². The molecule has 0 rings (SSSR count). The molecule has 0 aromatic heterocycles. The quantitative estimate of drug-likeness (QED) is 0.264. The van der Waals surface area contributed by atoms with Gasteiger partial charge in [-0.1, -0.05) is 59.8 Å². The molecule has 0 aliphatic carbocycles. The van der Waals surface area contributed by atoms with Crippen LogP contribution in [0.25, 0.3) is 0 Å². The molecule has 0 N–H and O–H groups in total. The molecule has 1 atom stereocenters. The number of rotatable bonds is 11. The molecule has 0 fully saturated rings. The van der Waals surface area contributed by atoms with E-state index in [9.17, 15) is 0 Å². The summed E-state index contributed by atoms with van der Waals surface area (Å²) in [6.45, 7) is 23.3. The predicted molar refractivity (Wildman–Crippen MR) is 120 cm³/mol. The zero-order valence-corrected chi connectivity index (χ0v) is 18.4. The zero-order valence-electron chi connectivity index (χ0n) is 17.6. The lowest BCUT2D eigenvalue weighted by Crippen LogP contribution is -2.10. The Morgan fingerprint density at radius 2 is 1.52 bits per heavy atom. The fourth-order valence-corrected chi connectivity index (χ4v) is 3.39. The highest BCUT2D eigenvalue weighted by Gasteiger charge is 2.14. The van der Waals surface area contributed by atoms with Gasteiger partial charge in [0.2, 0.25) is 0 Å². The molecule has 0 spiro atoms. The van der Waals surface area contributed by atoms with Gasteiger partial charge in [-0.15, -0.1) is 0 Å². The summed E-state index contributed by atoms with van der Waals surface area (Å²) in [6, 6.07) is 0. The molecule has 0 aromatic carbocycles. The van der Waals surface area contributed by atoms with Crippen LogP contribution in [-0.2, 0) is 0 Å². The Bertz CT molecular complexity index is 577. The maximum Gasteiger partial charge on any atom is -0.00714 e. The van der Waals surface area contributed by atoms with E-state index in [0.29, 0.717) is 5.92 Å². The highest BCUT2D eigenvalue weighted by Crippen LogP contribution is 2.28. The molecule has 0 amide bonds. The first-order valence-electron chi connectivity index (χ1n) is 9.46. The van der Waals surface area contributed by atoms with Gasteiger partial charge in [0, 0.05) is 0 Å².